The zero-order chi connectivity index (χ0) is 10.7. The van der Waals surface area contributed by atoms with Crippen molar-refractivity contribution in [2.75, 3.05) is 20.1 Å². The quantitative estimate of drug-likeness (QED) is 0.687. The molecule has 0 unspecified atom stereocenters. The molecule has 0 aliphatic carbocycles. The van der Waals surface area contributed by atoms with Gasteiger partial charge in [0.15, 0.2) is 0 Å². The summed E-state index contributed by atoms with van der Waals surface area (Å²) in [5, 5.41) is 8.58. The minimum atomic E-state index is 0.521. The third kappa shape index (κ3) is 2.37. The number of aryl methyl sites for hydroxylation is 1. The first-order valence-electron chi connectivity index (χ1n) is 5.35. The monoisotopic (exact) mass is 204 g/mol. The van der Waals surface area contributed by atoms with Crippen LogP contribution in [-0.2, 0) is 13.0 Å². The van der Waals surface area contributed by atoms with E-state index in [1.165, 1.54) is 12.2 Å². The number of nitrogens with zero attached hydrogens (tertiary/aromatic N) is 4. The lowest BCUT2D eigenvalue weighted by atomic mass is 9.99. The molecular weight excluding hydrogens is 188 g/mol. The number of rotatable bonds is 3. The highest BCUT2D eigenvalue weighted by atomic mass is 15.1. The van der Waals surface area contributed by atoms with Gasteiger partial charge in [0.1, 0.15) is 5.82 Å². The summed E-state index contributed by atoms with van der Waals surface area (Å²) in [6, 6.07) is 2.18. The molecule has 80 valence electrons. The third-order valence-electron chi connectivity index (χ3n) is 2.94. The highest BCUT2D eigenvalue weighted by molar-refractivity contribution is 4.97. The van der Waals surface area contributed by atoms with E-state index in [0.717, 1.165) is 19.5 Å². The normalized spacial score (nSPS) is 19.9. The van der Waals surface area contributed by atoms with E-state index in [1.807, 2.05) is 19.4 Å². The first-order chi connectivity index (χ1) is 7.29. The van der Waals surface area contributed by atoms with E-state index in [9.17, 15) is 0 Å². The van der Waals surface area contributed by atoms with Crippen LogP contribution in [0.3, 0.4) is 0 Å². The van der Waals surface area contributed by atoms with Crippen molar-refractivity contribution in [2.45, 2.75) is 19.4 Å². The van der Waals surface area contributed by atoms with E-state index in [2.05, 4.69) is 20.5 Å². The summed E-state index contributed by atoms with van der Waals surface area (Å²) in [4.78, 5) is 6.39. The molecule has 1 aliphatic rings. The molecular formula is C11H16N4. The molecule has 4 heteroatoms. The van der Waals surface area contributed by atoms with Crippen molar-refractivity contribution in [3.63, 3.8) is 0 Å². The number of hydrogen-bond acceptors (Lipinski definition) is 3. The number of nitriles is 1. The van der Waals surface area contributed by atoms with Crippen LogP contribution in [-0.4, -0.2) is 34.6 Å². The van der Waals surface area contributed by atoms with Crippen LogP contribution in [0, 0.1) is 17.2 Å². The second-order valence-electron chi connectivity index (χ2n) is 4.26. The van der Waals surface area contributed by atoms with E-state index in [0.29, 0.717) is 12.5 Å². The molecule has 1 aromatic rings. The maximum absolute atomic E-state index is 8.58. The summed E-state index contributed by atoms with van der Waals surface area (Å²) < 4.78 is 2.23. The second kappa shape index (κ2) is 4.45. The maximum Gasteiger partial charge on any atom is 0.108 e. The van der Waals surface area contributed by atoms with E-state index in [-0.39, 0.29) is 0 Å². The molecule has 1 atom stereocenters. The number of hydrogen-bond donors (Lipinski definition) is 0. The lowest BCUT2D eigenvalue weighted by Gasteiger charge is -2.26. The van der Waals surface area contributed by atoms with Gasteiger partial charge in [-0.25, -0.2) is 4.98 Å². The second-order valence-corrected chi connectivity index (χ2v) is 4.26. The minimum absolute atomic E-state index is 0.521. The molecule has 0 saturated heterocycles. The van der Waals surface area contributed by atoms with E-state index < -0.39 is 0 Å². The fourth-order valence-corrected chi connectivity index (χ4v) is 2.21. The molecule has 2 rings (SSSR count). The van der Waals surface area contributed by atoms with Crippen molar-refractivity contribution in [3.8, 4) is 6.07 Å². The summed E-state index contributed by atoms with van der Waals surface area (Å²) in [6.07, 6.45) is 6.17. The van der Waals surface area contributed by atoms with Gasteiger partial charge in [-0.2, -0.15) is 5.26 Å². The lowest BCUT2D eigenvalue weighted by Crippen LogP contribution is -2.31. The molecule has 0 N–H and O–H groups in total. The molecule has 2 heterocycles. The van der Waals surface area contributed by atoms with Gasteiger partial charge in [0, 0.05) is 31.9 Å². The summed E-state index contributed by atoms with van der Waals surface area (Å²) in [5.41, 5.74) is 0. The van der Waals surface area contributed by atoms with Crippen LogP contribution in [0.2, 0.25) is 0 Å². The Hall–Kier alpha value is -1.34. The zero-order valence-corrected chi connectivity index (χ0v) is 9.06. The maximum atomic E-state index is 8.58. The highest BCUT2D eigenvalue weighted by Crippen LogP contribution is 2.19. The molecule has 0 amide bonds. The summed E-state index contributed by atoms with van der Waals surface area (Å²) in [7, 11) is 2.01. The van der Waals surface area contributed by atoms with Gasteiger partial charge in [0.2, 0.25) is 0 Å². The largest absolute Gasteiger partial charge is 0.335 e. The SMILES string of the molecule is CN(CC#N)C[C@H]1CCc2nccn2C1. The summed E-state index contributed by atoms with van der Waals surface area (Å²) in [6.45, 7) is 2.57. The molecule has 0 bridgehead atoms. The van der Waals surface area contributed by atoms with Gasteiger partial charge in [-0.05, 0) is 19.4 Å². The predicted octanol–water partition coefficient (Wildman–Crippen LogP) is 0.901. The van der Waals surface area contributed by atoms with Crippen LogP contribution in [0.4, 0.5) is 0 Å². The van der Waals surface area contributed by atoms with Gasteiger partial charge >= 0.3 is 0 Å². The van der Waals surface area contributed by atoms with Crippen molar-refractivity contribution in [1.29, 1.82) is 5.26 Å². The minimum Gasteiger partial charge on any atom is -0.335 e. The predicted molar refractivity (Wildman–Crippen MR) is 57.1 cm³/mol. The molecule has 4 nitrogen and oxygen atoms in total. The molecule has 0 fully saturated rings. The highest BCUT2D eigenvalue weighted by Gasteiger charge is 2.19. The Morgan fingerprint density at radius 1 is 1.73 bits per heavy atom. The molecule has 1 aromatic heterocycles. The van der Waals surface area contributed by atoms with Crippen LogP contribution in [0.25, 0.3) is 0 Å². The van der Waals surface area contributed by atoms with E-state index in [4.69, 9.17) is 5.26 Å². The number of fused-ring (bicyclic) bond motifs is 1. The molecule has 0 radical (unpaired) electrons. The fraction of sp³-hybridized carbons (Fsp3) is 0.636. The Balaban J connectivity index is 1.90. The Kier molecular flexibility index (Phi) is 3.02. The Labute approximate surface area is 90.1 Å². The molecule has 1 aliphatic heterocycles. The Morgan fingerprint density at radius 3 is 3.40 bits per heavy atom. The van der Waals surface area contributed by atoms with Crippen LogP contribution in [0.1, 0.15) is 12.2 Å². The van der Waals surface area contributed by atoms with Crippen LogP contribution in [0.5, 0.6) is 0 Å². The topological polar surface area (TPSA) is 44.9 Å². The van der Waals surface area contributed by atoms with Gasteiger partial charge in [-0.3, -0.25) is 4.90 Å². The van der Waals surface area contributed by atoms with Crippen LogP contribution >= 0.6 is 0 Å². The van der Waals surface area contributed by atoms with Crippen molar-refractivity contribution < 1.29 is 0 Å². The molecule has 0 saturated carbocycles. The average Bonchev–Trinajstić information content (AvgIpc) is 2.65. The van der Waals surface area contributed by atoms with Gasteiger partial charge in [0.05, 0.1) is 12.6 Å². The van der Waals surface area contributed by atoms with Crippen molar-refractivity contribution in [2.24, 2.45) is 5.92 Å². The zero-order valence-electron chi connectivity index (χ0n) is 9.06. The molecule has 0 aromatic carbocycles. The third-order valence-corrected chi connectivity index (χ3v) is 2.94. The summed E-state index contributed by atoms with van der Waals surface area (Å²) >= 11 is 0. The fourth-order valence-electron chi connectivity index (χ4n) is 2.21. The Morgan fingerprint density at radius 2 is 2.60 bits per heavy atom. The first-order valence-corrected chi connectivity index (χ1v) is 5.35. The molecule has 0 spiro atoms. The van der Waals surface area contributed by atoms with Gasteiger partial charge in [-0.15, -0.1) is 0 Å². The van der Waals surface area contributed by atoms with Crippen molar-refractivity contribution >= 4 is 0 Å². The standard InChI is InChI=1S/C11H16N4/c1-14(6-4-12)8-10-2-3-11-13-5-7-15(11)9-10/h5,7,10H,2-3,6,8-9H2,1H3/t10-/m1/s1. The molecule has 15 heavy (non-hydrogen) atoms. The van der Waals surface area contributed by atoms with E-state index in [1.54, 1.807) is 0 Å². The smallest absolute Gasteiger partial charge is 0.108 e. The number of imidazole rings is 1. The van der Waals surface area contributed by atoms with Crippen molar-refractivity contribution in [1.82, 2.24) is 14.5 Å². The van der Waals surface area contributed by atoms with Crippen LogP contribution < -0.4 is 0 Å². The van der Waals surface area contributed by atoms with Gasteiger partial charge in [-0.1, -0.05) is 0 Å². The van der Waals surface area contributed by atoms with Crippen molar-refractivity contribution in [3.05, 3.63) is 18.2 Å². The Bertz CT molecular complexity index is 363. The summed E-state index contributed by atoms with van der Waals surface area (Å²) in [5.74, 6) is 1.86. The number of aromatic nitrogens is 2. The van der Waals surface area contributed by atoms with Gasteiger partial charge < -0.3 is 4.57 Å². The van der Waals surface area contributed by atoms with Crippen LogP contribution in [0.15, 0.2) is 12.4 Å². The first kappa shape index (κ1) is 10.2. The van der Waals surface area contributed by atoms with E-state index >= 15 is 0 Å². The van der Waals surface area contributed by atoms with Gasteiger partial charge in [0.25, 0.3) is 0 Å². The average molecular weight is 204 g/mol. The lowest BCUT2D eigenvalue weighted by molar-refractivity contribution is 0.252.